The lowest BCUT2D eigenvalue weighted by molar-refractivity contribution is 0.259. The fourth-order valence-corrected chi connectivity index (χ4v) is 2.09. The first-order valence-corrected chi connectivity index (χ1v) is 5.27. The molecule has 0 atom stereocenters. The molecule has 1 aliphatic heterocycles. The van der Waals surface area contributed by atoms with Gasteiger partial charge in [0.2, 0.25) is 0 Å². The second-order valence-electron chi connectivity index (χ2n) is 2.87. The monoisotopic (exact) mass is 170 g/mol. The highest BCUT2D eigenvalue weighted by molar-refractivity contribution is 7.99. The molecule has 1 aliphatic rings. The van der Waals surface area contributed by atoms with Gasteiger partial charge >= 0.3 is 0 Å². The summed E-state index contributed by atoms with van der Waals surface area (Å²) in [4.78, 5) is 2.23. The first kappa shape index (κ1) is 8.89. The highest BCUT2D eigenvalue weighted by Crippen LogP contribution is 2.20. The lowest BCUT2D eigenvalue weighted by atomic mass is 10.1. The smallest absolute Gasteiger partial charge is 0.0866 e. The first-order valence-electron chi connectivity index (χ1n) is 3.99. The van der Waals surface area contributed by atoms with Crippen LogP contribution < -0.4 is 0 Å². The summed E-state index contributed by atoms with van der Waals surface area (Å²) in [7, 11) is 0. The minimum absolute atomic E-state index is 0.612. The SMILES string of the molecule is CSC1CCN(CC#N)CC1. The van der Waals surface area contributed by atoms with Crippen LogP contribution in [-0.4, -0.2) is 36.0 Å². The average Bonchev–Trinajstić information content (AvgIpc) is 2.07. The number of likely N-dealkylation sites (tertiary alicyclic amines) is 1. The number of rotatable bonds is 2. The number of nitriles is 1. The van der Waals surface area contributed by atoms with Crippen molar-refractivity contribution < 1.29 is 0 Å². The van der Waals surface area contributed by atoms with Gasteiger partial charge in [0.25, 0.3) is 0 Å². The van der Waals surface area contributed by atoms with Crippen molar-refractivity contribution in [3.63, 3.8) is 0 Å². The van der Waals surface area contributed by atoms with Gasteiger partial charge in [-0.1, -0.05) is 0 Å². The molecule has 0 bridgehead atoms. The zero-order valence-corrected chi connectivity index (χ0v) is 7.73. The van der Waals surface area contributed by atoms with E-state index < -0.39 is 0 Å². The summed E-state index contributed by atoms with van der Waals surface area (Å²) in [6.07, 6.45) is 4.68. The van der Waals surface area contributed by atoms with E-state index in [0.717, 1.165) is 18.3 Å². The van der Waals surface area contributed by atoms with Gasteiger partial charge in [0.15, 0.2) is 0 Å². The second-order valence-corrected chi connectivity index (χ2v) is 4.01. The van der Waals surface area contributed by atoms with Crippen LogP contribution in [0.3, 0.4) is 0 Å². The molecule has 1 saturated heterocycles. The molecule has 2 nitrogen and oxygen atoms in total. The van der Waals surface area contributed by atoms with E-state index in [-0.39, 0.29) is 0 Å². The molecule has 1 heterocycles. The van der Waals surface area contributed by atoms with E-state index in [2.05, 4.69) is 17.2 Å². The van der Waals surface area contributed by atoms with Crippen molar-refractivity contribution >= 4 is 11.8 Å². The molecular formula is C8H14N2S. The Bertz CT molecular complexity index is 145. The minimum Gasteiger partial charge on any atom is -0.291 e. The molecule has 1 fully saturated rings. The van der Waals surface area contributed by atoms with Crippen LogP contribution in [0.5, 0.6) is 0 Å². The van der Waals surface area contributed by atoms with Crippen molar-refractivity contribution in [2.45, 2.75) is 18.1 Å². The predicted octanol–water partition coefficient (Wildman–Crippen LogP) is 1.34. The van der Waals surface area contributed by atoms with E-state index in [1.165, 1.54) is 12.8 Å². The van der Waals surface area contributed by atoms with Crippen LogP contribution in [-0.2, 0) is 0 Å². The summed E-state index contributed by atoms with van der Waals surface area (Å²) in [6, 6.07) is 2.19. The van der Waals surface area contributed by atoms with Gasteiger partial charge in [-0.3, -0.25) is 4.90 Å². The number of hydrogen-bond acceptors (Lipinski definition) is 3. The third kappa shape index (κ3) is 2.72. The molecule has 0 aromatic carbocycles. The van der Waals surface area contributed by atoms with E-state index >= 15 is 0 Å². The maximum absolute atomic E-state index is 8.44. The van der Waals surface area contributed by atoms with Gasteiger partial charge in [-0.25, -0.2) is 0 Å². The maximum atomic E-state index is 8.44. The summed E-state index contributed by atoms with van der Waals surface area (Å²) >= 11 is 1.96. The molecule has 0 amide bonds. The fourth-order valence-electron chi connectivity index (χ4n) is 1.40. The predicted molar refractivity (Wildman–Crippen MR) is 48.6 cm³/mol. The van der Waals surface area contributed by atoms with Gasteiger partial charge < -0.3 is 0 Å². The van der Waals surface area contributed by atoms with Crippen LogP contribution in [0.25, 0.3) is 0 Å². The molecule has 0 aromatic heterocycles. The van der Waals surface area contributed by atoms with Gasteiger partial charge in [0, 0.05) is 18.3 Å². The van der Waals surface area contributed by atoms with Gasteiger partial charge in [0.1, 0.15) is 0 Å². The Morgan fingerprint density at radius 1 is 1.55 bits per heavy atom. The molecular weight excluding hydrogens is 156 g/mol. The largest absolute Gasteiger partial charge is 0.291 e. The van der Waals surface area contributed by atoms with Crippen molar-refractivity contribution in [3.05, 3.63) is 0 Å². The molecule has 0 radical (unpaired) electrons. The molecule has 1 rings (SSSR count). The van der Waals surface area contributed by atoms with Gasteiger partial charge in [-0.2, -0.15) is 17.0 Å². The van der Waals surface area contributed by atoms with E-state index in [0.29, 0.717) is 6.54 Å². The van der Waals surface area contributed by atoms with E-state index in [9.17, 15) is 0 Å². The zero-order valence-electron chi connectivity index (χ0n) is 6.92. The molecule has 0 spiro atoms. The lowest BCUT2D eigenvalue weighted by Gasteiger charge is -2.28. The second kappa shape index (κ2) is 4.63. The van der Waals surface area contributed by atoms with Crippen molar-refractivity contribution in [3.8, 4) is 6.07 Å². The maximum Gasteiger partial charge on any atom is 0.0866 e. The Labute approximate surface area is 72.6 Å². The zero-order chi connectivity index (χ0) is 8.10. The summed E-state index contributed by atoms with van der Waals surface area (Å²) in [6.45, 7) is 2.83. The number of hydrogen-bond donors (Lipinski definition) is 0. The number of thioether (sulfide) groups is 1. The van der Waals surface area contributed by atoms with Crippen LogP contribution in [0.15, 0.2) is 0 Å². The van der Waals surface area contributed by atoms with Crippen molar-refractivity contribution in [2.75, 3.05) is 25.9 Å². The number of nitrogens with zero attached hydrogens (tertiary/aromatic N) is 2. The molecule has 0 saturated carbocycles. The summed E-state index contributed by atoms with van der Waals surface area (Å²) in [5.74, 6) is 0. The standard InChI is InChI=1S/C8H14N2S/c1-11-8-2-5-10(6-3-8)7-4-9/h8H,2-3,5-7H2,1H3. The molecule has 3 heteroatoms. The topological polar surface area (TPSA) is 27.0 Å². The Kier molecular flexibility index (Phi) is 3.74. The third-order valence-corrected chi connectivity index (χ3v) is 3.30. The van der Waals surface area contributed by atoms with Crippen molar-refractivity contribution in [2.24, 2.45) is 0 Å². The molecule has 11 heavy (non-hydrogen) atoms. The van der Waals surface area contributed by atoms with E-state index in [1.54, 1.807) is 0 Å². The molecule has 0 aliphatic carbocycles. The van der Waals surface area contributed by atoms with Crippen molar-refractivity contribution in [1.29, 1.82) is 5.26 Å². The van der Waals surface area contributed by atoms with E-state index in [1.807, 2.05) is 11.8 Å². The van der Waals surface area contributed by atoms with Crippen LogP contribution in [0, 0.1) is 11.3 Å². The van der Waals surface area contributed by atoms with Crippen LogP contribution >= 0.6 is 11.8 Å². The summed E-state index contributed by atoms with van der Waals surface area (Å²) in [5, 5.41) is 9.28. The van der Waals surface area contributed by atoms with Gasteiger partial charge in [0.05, 0.1) is 12.6 Å². The van der Waals surface area contributed by atoms with Gasteiger partial charge in [-0.05, 0) is 19.1 Å². The molecule has 0 unspecified atom stereocenters. The highest BCUT2D eigenvalue weighted by Gasteiger charge is 2.17. The van der Waals surface area contributed by atoms with Gasteiger partial charge in [-0.15, -0.1) is 0 Å². The van der Waals surface area contributed by atoms with Crippen LogP contribution in [0.2, 0.25) is 0 Å². The summed E-state index contributed by atoms with van der Waals surface area (Å²) < 4.78 is 0. The van der Waals surface area contributed by atoms with E-state index in [4.69, 9.17) is 5.26 Å². The Morgan fingerprint density at radius 2 is 2.18 bits per heavy atom. The Balaban J connectivity index is 2.20. The van der Waals surface area contributed by atoms with Crippen molar-refractivity contribution in [1.82, 2.24) is 4.90 Å². The fraction of sp³-hybridized carbons (Fsp3) is 0.875. The van der Waals surface area contributed by atoms with Crippen LogP contribution in [0.1, 0.15) is 12.8 Å². The quantitative estimate of drug-likeness (QED) is 0.585. The minimum atomic E-state index is 0.612. The summed E-state index contributed by atoms with van der Waals surface area (Å²) in [5.41, 5.74) is 0. The normalized spacial score (nSPS) is 21.5. The highest BCUT2D eigenvalue weighted by atomic mass is 32.2. The molecule has 62 valence electrons. The molecule has 0 aromatic rings. The third-order valence-electron chi connectivity index (χ3n) is 2.16. The first-order chi connectivity index (χ1) is 5.36. The molecule has 0 N–H and O–H groups in total. The number of piperidine rings is 1. The van der Waals surface area contributed by atoms with Crippen LogP contribution in [0.4, 0.5) is 0 Å². The average molecular weight is 170 g/mol. The lowest BCUT2D eigenvalue weighted by Crippen LogP contribution is -2.34. The Hall–Kier alpha value is -0.200. The Morgan fingerprint density at radius 3 is 2.64 bits per heavy atom.